The van der Waals surface area contributed by atoms with Crippen molar-refractivity contribution in [2.45, 2.75) is 45.1 Å². The van der Waals surface area contributed by atoms with Crippen LogP contribution >= 0.6 is 22.9 Å². The maximum Gasteiger partial charge on any atom is 0.264 e. The van der Waals surface area contributed by atoms with Crippen LogP contribution in [0.25, 0.3) is 11.4 Å². The van der Waals surface area contributed by atoms with Crippen molar-refractivity contribution in [3.05, 3.63) is 57.6 Å². The summed E-state index contributed by atoms with van der Waals surface area (Å²) in [4.78, 5) is 35.0. The number of carbonyl (C=O) groups excluding carboxylic acids is 2. The van der Waals surface area contributed by atoms with E-state index in [0.29, 0.717) is 34.7 Å². The minimum Gasteiger partial charge on any atom is -0.337 e. The molecule has 1 fully saturated rings. The SMILES string of the molecule is CCCCN(CC(=O)N1CCCCC1c1nc(-c2cccc(Cl)c2)no1)C(=O)c1cccs1. The molecule has 1 aliphatic heterocycles. The molecular formula is C24H27ClN4O3S. The van der Waals surface area contributed by atoms with E-state index in [1.807, 2.05) is 23.6 Å². The van der Waals surface area contributed by atoms with Gasteiger partial charge in [-0.15, -0.1) is 11.3 Å². The fourth-order valence-corrected chi connectivity index (χ4v) is 4.89. The van der Waals surface area contributed by atoms with Crippen molar-refractivity contribution < 1.29 is 14.1 Å². The fourth-order valence-electron chi connectivity index (χ4n) is 4.01. The third kappa shape index (κ3) is 5.62. The average molecular weight is 487 g/mol. The molecule has 1 unspecified atom stereocenters. The molecule has 174 valence electrons. The first-order valence-electron chi connectivity index (χ1n) is 11.3. The van der Waals surface area contributed by atoms with Crippen LogP contribution in [0.15, 0.2) is 46.3 Å². The van der Waals surface area contributed by atoms with E-state index in [1.54, 1.807) is 28.0 Å². The van der Waals surface area contributed by atoms with Gasteiger partial charge in [0.2, 0.25) is 17.6 Å². The first kappa shape index (κ1) is 23.4. The minimum absolute atomic E-state index is 0.0442. The lowest BCUT2D eigenvalue weighted by Crippen LogP contribution is -2.46. The first-order valence-corrected chi connectivity index (χ1v) is 12.5. The molecule has 0 N–H and O–H groups in total. The highest BCUT2D eigenvalue weighted by atomic mass is 35.5. The Labute approximate surface area is 202 Å². The number of hydrogen-bond donors (Lipinski definition) is 0. The van der Waals surface area contributed by atoms with Crippen LogP contribution in [-0.2, 0) is 4.79 Å². The Balaban J connectivity index is 1.51. The summed E-state index contributed by atoms with van der Waals surface area (Å²) in [6.07, 6.45) is 4.42. The summed E-state index contributed by atoms with van der Waals surface area (Å²) in [5.74, 6) is 0.676. The molecule has 2 aromatic heterocycles. The van der Waals surface area contributed by atoms with Crippen LogP contribution in [-0.4, -0.2) is 51.4 Å². The van der Waals surface area contributed by atoms with Crippen molar-refractivity contribution >= 4 is 34.8 Å². The summed E-state index contributed by atoms with van der Waals surface area (Å²) in [5.41, 5.74) is 0.762. The van der Waals surface area contributed by atoms with E-state index in [2.05, 4.69) is 17.1 Å². The second-order valence-electron chi connectivity index (χ2n) is 8.12. The van der Waals surface area contributed by atoms with Crippen molar-refractivity contribution in [1.29, 1.82) is 0 Å². The number of halogens is 1. The van der Waals surface area contributed by atoms with Crippen LogP contribution < -0.4 is 0 Å². The molecule has 0 saturated carbocycles. The van der Waals surface area contributed by atoms with Gasteiger partial charge in [-0.1, -0.05) is 48.3 Å². The maximum absolute atomic E-state index is 13.4. The molecule has 1 saturated heterocycles. The fraction of sp³-hybridized carbons (Fsp3) is 0.417. The zero-order valence-electron chi connectivity index (χ0n) is 18.6. The number of thiophene rings is 1. The molecular weight excluding hydrogens is 460 g/mol. The topological polar surface area (TPSA) is 79.5 Å². The summed E-state index contributed by atoms with van der Waals surface area (Å²) >= 11 is 7.49. The first-order chi connectivity index (χ1) is 16.1. The minimum atomic E-state index is -0.295. The largest absolute Gasteiger partial charge is 0.337 e. The zero-order chi connectivity index (χ0) is 23.2. The molecule has 1 aliphatic rings. The van der Waals surface area contributed by atoms with Gasteiger partial charge in [0.05, 0.1) is 4.88 Å². The quantitative estimate of drug-likeness (QED) is 0.423. The number of unbranched alkanes of at least 4 members (excludes halogenated alkanes) is 1. The van der Waals surface area contributed by atoms with E-state index in [1.165, 1.54) is 11.3 Å². The van der Waals surface area contributed by atoms with Crippen LogP contribution in [0.3, 0.4) is 0 Å². The molecule has 7 nitrogen and oxygen atoms in total. The normalized spacial score (nSPS) is 16.1. The maximum atomic E-state index is 13.4. The van der Waals surface area contributed by atoms with Gasteiger partial charge >= 0.3 is 0 Å². The lowest BCUT2D eigenvalue weighted by atomic mass is 10.0. The molecule has 1 atom stereocenters. The van der Waals surface area contributed by atoms with E-state index < -0.39 is 0 Å². The molecule has 0 spiro atoms. The monoisotopic (exact) mass is 486 g/mol. The molecule has 33 heavy (non-hydrogen) atoms. The lowest BCUT2D eigenvalue weighted by Gasteiger charge is -2.35. The van der Waals surface area contributed by atoms with Crippen molar-refractivity contribution in [3.63, 3.8) is 0 Å². The number of rotatable bonds is 8. The Hall–Kier alpha value is -2.71. The van der Waals surface area contributed by atoms with E-state index in [9.17, 15) is 9.59 Å². The van der Waals surface area contributed by atoms with Crippen molar-refractivity contribution in [3.8, 4) is 11.4 Å². The second-order valence-corrected chi connectivity index (χ2v) is 9.51. The molecule has 0 bridgehead atoms. The Bertz CT molecular complexity index is 1090. The van der Waals surface area contributed by atoms with Crippen molar-refractivity contribution in [1.82, 2.24) is 19.9 Å². The molecule has 0 aliphatic carbocycles. The van der Waals surface area contributed by atoms with Crippen LogP contribution in [0.1, 0.15) is 60.6 Å². The van der Waals surface area contributed by atoms with E-state index in [0.717, 1.165) is 37.7 Å². The molecule has 9 heteroatoms. The third-order valence-electron chi connectivity index (χ3n) is 5.76. The van der Waals surface area contributed by atoms with Gasteiger partial charge in [0.1, 0.15) is 12.6 Å². The Morgan fingerprint density at radius 3 is 2.91 bits per heavy atom. The lowest BCUT2D eigenvalue weighted by molar-refractivity contribution is -0.136. The van der Waals surface area contributed by atoms with Gasteiger partial charge in [-0.05, 0) is 49.3 Å². The Morgan fingerprint density at radius 1 is 1.27 bits per heavy atom. The van der Waals surface area contributed by atoms with Crippen LogP contribution in [0.5, 0.6) is 0 Å². The van der Waals surface area contributed by atoms with E-state index in [4.69, 9.17) is 16.1 Å². The Morgan fingerprint density at radius 2 is 2.15 bits per heavy atom. The summed E-state index contributed by atoms with van der Waals surface area (Å²) < 4.78 is 5.58. The molecule has 3 aromatic rings. The zero-order valence-corrected chi connectivity index (χ0v) is 20.1. The number of aromatic nitrogens is 2. The number of carbonyl (C=O) groups is 2. The Kier molecular flexibility index (Phi) is 7.77. The van der Waals surface area contributed by atoms with Gasteiger partial charge in [-0.25, -0.2) is 0 Å². The smallest absolute Gasteiger partial charge is 0.264 e. The average Bonchev–Trinajstić information content (AvgIpc) is 3.54. The van der Waals surface area contributed by atoms with Gasteiger partial charge in [0.25, 0.3) is 5.91 Å². The number of likely N-dealkylation sites (tertiary alicyclic amines) is 1. The van der Waals surface area contributed by atoms with Gasteiger partial charge in [0.15, 0.2) is 0 Å². The predicted octanol–water partition coefficient (Wildman–Crippen LogP) is 5.45. The van der Waals surface area contributed by atoms with Gasteiger partial charge in [0, 0.05) is 23.7 Å². The highest BCUT2D eigenvalue weighted by Gasteiger charge is 2.33. The highest BCUT2D eigenvalue weighted by molar-refractivity contribution is 7.12. The van der Waals surface area contributed by atoms with Gasteiger partial charge < -0.3 is 14.3 Å². The molecule has 3 heterocycles. The van der Waals surface area contributed by atoms with Crippen LogP contribution in [0.2, 0.25) is 5.02 Å². The summed E-state index contributed by atoms with van der Waals surface area (Å²) in [6.45, 7) is 3.27. The van der Waals surface area contributed by atoms with Crippen LogP contribution in [0.4, 0.5) is 0 Å². The van der Waals surface area contributed by atoms with E-state index >= 15 is 0 Å². The van der Waals surface area contributed by atoms with Crippen LogP contribution in [0, 0.1) is 0 Å². The standard InChI is InChI=1S/C24H27ClN4O3S/c1-2-3-12-28(24(31)20-11-7-14-33-20)16-21(30)29-13-5-4-10-19(29)23-26-22(27-32-23)17-8-6-9-18(25)15-17/h6-9,11,14-15,19H,2-5,10,12-13,16H2,1H3. The number of piperidine rings is 1. The van der Waals surface area contributed by atoms with E-state index in [-0.39, 0.29) is 24.4 Å². The number of benzene rings is 1. The summed E-state index contributed by atoms with van der Waals surface area (Å²) in [6, 6.07) is 10.6. The third-order valence-corrected chi connectivity index (χ3v) is 6.85. The van der Waals surface area contributed by atoms with Gasteiger partial charge in [-0.2, -0.15) is 4.98 Å². The number of amides is 2. The number of nitrogens with zero attached hydrogens (tertiary/aromatic N) is 4. The number of hydrogen-bond acceptors (Lipinski definition) is 6. The molecule has 4 rings (SSSR count). The predicted molar refractivity (Wildman–Crippen MR) is 128 cm³/mol. The molecule has 1 aromatic carbocycles. The second kappa shape index (κ2) is 10.9. The van der Waals surface area contributed by atoms with Crippen molar-refractivity contribution in [2.75, 3.05) is 19.6 Å². The van der Waals surface area contributed by atoms with Gasteiger partial charge in [-0.3, -0.25) is 9.59 Å². The highest BCUT2D eigenvalue weighted by Crippen LogP contribution is 2.32. The summed E-state index contributed by atoms with van der Waals surface area (Å²) in [5, 5.41) is 6.58. The summed E-state index contributed by atoms with van der Waals surface area (Å²) in [7, 11) is 0. The van der Waals surface area contributed by atoms with Crippen molar-refractivity contribution in [2.24, 2.45) is 0 Å². The molecule has 0 radical (unpaired) electrons. The molecule has 2 amide bonds.